The fraction of sp³-hybridized carbons (Fsp3) is 0.447. The molecule has 4 aliphatic rings. The van der Waals surface area contributed by atoms with Crippen molar-refractivity contribution in [2.24, 2.45) is 22.7 Å². The van der Waals surface area contributed by atoms with E-state index in [9.17, 15) is 29.1 Å². The summed E-state index contributed by atoms with van der Waals surface area (Å²) in [7, 11) is 0. The number of hydrogen-bond acceptors (Lipinski definition) is 14. The summed E-state index contributed by atoms with van der Waals surface area (Å²) < 4.78 is 39.9. The van der Waals surface area contributed by atoms with Gasteiger partial charge in [-0.1, -0.05) is 109 Å². The van der Waals surface area contributed by atoms with Crippen LogP contribution < -0.4 is 5.32 Å². The molecule has 1 saturated heterocycles. The quantitative estimate of drug-likeness (QED) is 0.0799. The first-order valence-corrected chi connectivity index (χ1v) is 21.9. The van der Waals surface area contributed by atoms with Crippen LogP contribution in [-0.4, -0.2) is 95.9 Å². The van der Waals surface area contributed by atoms with Crippen LogP contribution in [0.1, 0.15) is 79.3 Å². The number of nitrogens with one attached hydrogen (secondary N) is 1. The second-order valence-electron chi connectivity index (χ2n) is 17.1. The fourth-order valence-corrected chi connectivity index (χ4v) is 10.1. The summed E-state index contributed by atoms with van der Waals surface area (Å²) in [6, 6.07) is 22.1. The Kier molecular flexibility index (Phi) is 13.8. The van der Waals surface area contributed by atoms with E-state index in [1.807, 2.05) is 0 Å². The maximum atomic E-state index is 15.2. The molecule has 2 bridgehead atoms. The number of alkyl halides is 2. The van der Waals surface area contributed by atoms with Gasteiger partial charge in [-0.05, 0) is 49.2 Å². The Morgan fingerprint density at radius 2 is 1.42 bits per heavy atom. The number of esters is 2. The van der Waals surface area contributed by atoms with Crippen molar-refractivity contribution in [2.75, 3.05) is 18.7 Å². The third-order valence-corrected chi connectivity index (χ3v) is 13.8. The number of Topliss-reactive ketones (excluding diaryl/α,β-unsaturated/α-hetero) is 1. The van der Waals surface area contributed by atoms with Crippen molar-refractivity contribution in [3.8, 4) is 0 Å². The van der Waals surface area contributed by atoms with E-state index in [0.717, 1.165) is 0 Å². The zero-order chi connectivity index (χ0) is 46.0. The number of fused-ring (bicyclic) bond motifs is 5. The molecule has 64 heavy (non-hydrogen) atoms. The number of carbonyl (C=O) groups excluding carboxylic acids is 6. The van der Waals surface area contributed by atoms with Gasteiger partial charge in [0.2, 0.25) is 6.10 Å². The molecular formula is C47H49Cl2NO14. The lowest BCUT2D eigenvalue weighted by Crippen LogP contribution is -2.73. The third kappa shape index (κ3) is 8.70. The number of carbonyl (C=O) groups is 6. The normalized spacial score (nSPS) is 28.8. The molecule has 7 rings (SSSR count). The summed E-state index contributed by atoms with van der Waals surface area (Å²) in [4.78, 5) is 83.8. The van der Waals surface area contributed by atoms with Crippen molar-refractivity contribution in [3.05, 3.63) is 119 Å². The molecule has 3 aliphatic carbocycles. The number of hydrogen-bond donors (Lipinski definition) is 2. The van der Waals surface area contributed by atoms with Gasteiger partial charge in [-0.3, -0.25) is 9.59 Å². The van der Waals surface area contributed by atoms with Crippen LogP contribution in [-0.2, 0) is 42.7 Å². The van der Waals surface area contributed by atoms with E-state index in [4.69, 9.17) is 56.4 Å². The average molecular weight is 923 g/mol. The smallest absolute Gasteiger partial charge is 0.455 e. The van der Waals surface area contributed by atoms with Crippen molar-refractivity contribution in [3.63, 3.8) is 0 Å². The van der Waals surface area contributed by atoms with Crippen LogP contribution in [0.2, 0.25) is 0 Å². The number of ether oxygens (including phenoxy) is 7. The van der Waals surface area contributed by atoms with Crippen LogP contribution in [0.25, 0.3) is 0 Å². The summed E-state index contributed by atoms with van der Waals surface area (Å²) >= 11 is 11.4. The molecule has 3 fully saturated rings. The van der Waals surface area contributed by atoms with Gasteiger partial charge in [-0.25, -0.2) is 19.2 Å². The molecule has 1 unspecified atom stereocenters. The van der Waals surface area contributed by atoms with Crippen molar-refractivity contribution in [1.82, 2.24) is 5.32 Å². The lowest BCUT2D eigenvalue weighted by Gasteiger charge is -2.64. The van der Waals surface area contributed by atoms with Crippen LogP contribution in [0.15, 0.2) is 102 Å². The van der Waals surface area contributed by atoms with Crippen molar-refractivity contribution >= 4 is 59.1 Å². The van der Waals surface area contributed by atoms with Crippen molar-refractivity contribution in [2.45, 2.75) is 89.1 Å². The van der Waals surface area contributed by atoms with Gasteiger partial charge >= 0.3 is 24.2 Å². The highest BCUT2D eigenvalue weighted by atomic mass is 35.5. The minimum atomic E-state index is -2.11. The average Bonchev–Trinajstić information content (AvgIpc) is 3.27. The zero-order valence-corrected chi connectivity index (χ0v) is 37.0. The van der Waals surface area contributed by atoms with E-state index in [1.54, 1.807) is 119 Å². The predicted octanol–water partition coefficient (Wildman–Crippen LogP) is 7.22. The maximum absolute atomic E-state index is 15.2. The second kappa shape index (κ2) is 18.9. The van der Waals surface area contributed by atoms with Crippen LogP contribution in [0, 0.1) is 22.7 Å². The molecule has 3 aromatic rings. The van der Waals surface area contributed by atoms with Gasteiger partial charge in [-0.2, -0.15) is 0 Å². The molecule has 17 heteroatoms. The number of benzene rings is 3. The lowest BCUT2D eigenvalue weighted by atomic mass is 9.46. The fourth-order valence-electron chi connectivity index (χ4n) is 9.93. The largest absolute Gasteiger partial charge is 0.510 e. The first-order valence-electron chi connectivity index (χ1n) is 20.8. The highest BCUT2D eigenvalue weighted by Gasteiger charge is 2.71. The van der Waals surface area contributed by atoms with Gasteiger partial charge in [0.05, 0.1) is 23.7 Å². The molecule has 1 aliphatic heterocycles. The van der Waals surface area contributed by atoms with E-state index in [1.165, 1.54) is 0 Å². The van der Waals surface area contributed by atoms with Gasteiger partial charge in [0.25, 0.3) is 5.91 Å². The lowest BCUT2D eigenvalue weighted by molar-refractivity contribution is -0.274. The van der Waals surface area contributed by atoms with Crippen LogP contribution in [0.4, 0.5) is 9.59 Å². The first-order chi connectivity index (χ1) is 30.5. The van der Waals surface area contributed by atoms with Crippen LogP contribution >= 0.6 is 23.2 Å². The topological polar surface area (TPSA) is 199 Å². The SMILES string of the molecule is CC1=C2CC(=O)[C@]3(C)[C@@H](OC(=O)OCCl)C[C@H]4OCC4[C@H]3[C@H](OC(=O)c3ccccc3)[C@](O)(C[C@@H]1OC(=O)[C@H](OC(=O)OCCl)[C@@H](NC(=O)c1ccccc1)c1ccccc1)C2(C)C. The van der Waals surface area contributed by atoms with Gasteiger partial charge < -0.3 is 43.6 Å². The molecule has 2 N–H and O–H groups in total. The monoisotopic (exact) mass is 921 g/mol. The summed E-state index contributed by atoms with van der Waals surface area (Å²) in [5, 5.41) is 16.4. The molecular weight excluding hydrogens is 873 g/mol. The molecule has 3 aromatic carbocycles. The molecule has 0 spiro atoms. The minimum Gasteiger partial charge on any atom is -0.455 e. The Morgan fingerprint density at radius 3 is 2.02 bits per heavy atom. The van der Waals surface area contributed by atoms with E-state index >= 15 is 4.79 Å². The Morgan fingerprint density at radius 1 is 0.828 bits per heavy atom. The van der Waals surface area contributed by atoms with E-state index < -0.39 is 119 Å². The number of amides is 1. The zero-order valence-electron chi connectivity index (χ0n) is 35.5. The molecule has 0 radical (unpaired) electrons. The summed E-state index contributed by atoms with van der Waals surface area (Å²) in [5.74, 6) is -4.45. The molecule has 0 aromatic heterocycles. The van der Waals surface area contributed by atoms with Crippen molar-refractivity contribution in [1.29, 1.82) is 0 Å². The number of rotatable bonds is 12. The molecule has 1 heterocycles. The summed E-state index contributed by atoms with van der Waals surface area (Å²) in [5.41, 5.74) is -3.51. The molecule has 10 atom stereocenters. The number of halogens is 2. The van der Waals surface area contributed by atoms with Gasteiger partial charge in [0.1, 0.15) is 35.7 Å². The van der Waals surface area contributed by atoms with Gasteiger partial charge in [-0.15, -0.1) is 0 Å². The Hall–Kier alpha value is -5.48. The maximum Gasteiger partial charge on any atom is 0.510 e. The van der Waals surface area contributed by atoms with Crippen molar-refractivity contribution < 1.29 is 67.0 Å². The first kappa shape index (κ1) is 46.5. The minimum absolute atomic E-state index is 0.108. The van der Waals surface area contributed by atoms with E-state index in [-0.39, 0.29) is 30.6 Å². The molecule has 1 amide bonds. The highest BCUT2D eigenvalue weighted by Crippen LogP contribution is 2.62. The number of ketones is 1. The van der Waals surface area contributed by atoms with Crippen LogP contribution in [0.5, 0.6) is 0 Å². The second-order valence-corrected chi connectivity index (χ2v) is 17.5. The summed E-state index contributed by atoms with van der Waals surface area (Å²) in [6.45, 7) is 6.88. The third-order valence-electron chi connectivity index (χ3n) is 13.6. The number of aliphatic hydroxyl groups is 1. The standard InChI is InChI=1S/C47H49Cl2NO14/c1-26-31-20-34(51)46(4)35(62-43(55)59-24-48)21-32-30(23-58-32)36(46)39(64-41(53)29-18-12-7-13-19-29)47(57,45(31,2)3)22-33(26)61-42(54)38(63-44(56)60-25-49)37(27-14-8-5-9-15-27)50-40(52)28-16-10-6-11-17-28/h5-19,30,32-33,35-39,57H,20-25H2,1-4H3,(H,50,52)/t30?,32-,33+,35+,36+,37+,38-,39+,46-,47-/m1/s1. The Balaban J connectivity index is 1.33. The predicted molar refractivity (Wildman–Crippen MR) is 228 cm³/mol. The van der Waals surface area contributed by atoms with Gasteiger partial charge in [0.15, 0.2) is 12.1 Å². The van der Waals surface area contributed by atoms with E-state index in [0.29, 0.717) is 16.7 Å². The molecule has 2 saturated carbocycles. The Bertz CT molecular complexity index is 2280. The Labute approximate surface area is 379 Å². The van der Waals surface area contributed by atoms with Gasteiger partial charge in [0, 0.05) is 42.1 Å². The summed E-state index contributed by atoms with van der Waals surface area (Å²) in [6.07, 6.45) is -9.51. The molecule has 340 valence electrons. The van der Waals surface area contributed by atoms with E-state index in [2.05, 4.69) is 5.32 Å². The van der Waals surface area contributed by atoms with Crippen LogP contribution in [0.3, 0.4) is 0 Å². The highest BCUT2D eigenvalue weighted by molar-refractivity contribution is 6.17. The molecule has 15 nitrogen and oxygen atoms in total.